The molecule has 0 fully saturated rings. The third kappa shape index (κ3) is 5.61. The molecule has 1 aliphatic rings. The first-order valence-electron chi connectivity index (χ1n) is 13.3. The number of aromatic nitrogens is 2. The normalized spacial score (nSPS) is 13.4. The molecule has 6 heteroatoms. The molecular weight excluding hydrogens is 446 g/mol. The molecular formula is C30H37N5O. The number of pyridine rings is 2. The summed E-state index contributed by atoms with van der Waals surface area (Å²) in [5.41, 5.74) is 6.72. The summed E-state index contributed by atoms with van der Waals surface area (Å²) in [5, 5.41) is 20.0. The summed E-state index contributed by atoms with van der Waals surface area (Å²) in [5.74, 6) is 0.286. The van der Waals surface area contributed by atoms with Gasteiger partial charge in [-0.2, -0.15) is 0 Å². The fourth-order valence-electron chi connectivity index (χ4n) is 5.26. The van der Waals surface area contributed by atoms with Crippen molar-refractivity contribution < 1.29 is 5.11 Å². The van der Waals surface area contributed by atoms with Crippen molar-refractivity contribution in [2.45, 2.75) is 45.1 Å². The molecule has 6 nitrogen and oxygen atoms in total. The average Bonchev–Trinajstić information content (AvgIpc) is 2.91. The summed E-state index contributed by atoms with van der Waals surface area (Å²) in [4.78, 5) is 11.7. The Balaban J connectivity index is 1.04. The highest BCUT2D eigenvalue weighted by Gasteiger charge is 2.17. The Morgan fingerprint density at radius 3 is 2.69 bits per heavy atom. The van der Waals surface area contributed by atoms with Gasteiger partial charge in [0.05, 0.1) is 5.52 Å². The van der Waals surface area contributed by atoms with Crippen LogP contribution < -0.4 is 10.6 Å². The molecule has 0 amide bonds. The number of benzene rings is 2. The molecule has 2 aromatic carbocycles. The number of nitrogens with one attached hydrogen (secondary N) is 2. The van der Waals surface area contributed by atoms with E-state index in [1.807, 2.05) is 24.3 Å². The number of para-hydroxylation sites is 1. The zero-order valence-electron chi connectivity index (χ0n) is 21.3. The van der Waals surface area contributed by atoms with Crippen LogP contribution in [-0.4, -0.2) is 53.2 Å². The maximum Gasteiger partial charge on any atom is 0.146 e. The first-order chi connectivity index (χ1) is 17.7. The van der Waals surface area contributed by atoms with E-state index in [-0.39, 0.29) is 5.75 Å². The monoisotopic (exact) mass is 483 g/mol. The van der Waals surface area contributed by atoms with Gasteiger partial charge in [0.1, 0.15) is 11.3 Å². The Morgan fingerprint density at radius 2 is 1.78 bits per heavy atom. The molecule has 5 rings (SSSR count). The number of fused-ring (bicyclic) bond motifs is 3. The van der Waals surface area contributed by atoms with Gasteiger partial charge in [-0.25, -0.2) is 0 Å². The molecule has 2 aromatic heterocycles. The standard InChI is InChI=1S/C30H37N5O/c1-35(19-7-16-31-21-23-15-14-22-9-6-17-32-28(22)30(23)36)20-8-18-33-29-24-10-2-4-12-26(24)34-27-13-5-3-11-25(27)29/h2,4,6,9-10,12,14-15,17,31,36H,3,5,7-8,11,13,16,18-21H2,1H3,(H,33,34). The van der Waals surface area contributed by atoms with Crippen LogP contribution in [-0.2, 0) is 19.4 Å². The van der Waals surface area contributed by atoms with Crippen molar-refractivity contribution in [3.8, 4) is 5.75 Å². The molecule has 0 saturated heterocycles. The first-order valence-corrected chi connectivity index (χ1v) is 13.3. The van der Waals surface area contributed by atoms with Gasteiger partial charge in [-0.15, -0.1) is 0 Å². The van der Waals surface area contributed by atoms with Crippen LogP contribution in [0.25, 0.3) is 21.8 Å². The maximum atomic E-state index is 10.5. The van der Waals surface area contributed by atoms with Crippen molar-refractivity contribution in [3.05, 3.63) is 71.5 Å². The van der Waals surface area contributed by atoms with Gasteiger partial charge in [0.25, 0.3) is 0 Å². The second kappa shape index (κ2) is 11.7. The third-order valence-electron chi connectivity index (χ3n) is 7.23. The topological polar surface area (TPSA) is 73.3 Å². The summed E-state index contributed by atoms with van der Waals surface area (Å²) in [6.45, 7) is 4.65. The number of hydrogen-bond acceptors (Lipinski definition) is 6. The SMILES string of the molecule is CN(CCCNCc1ccc2cccnc2c1O)CCCNc1c2c(nc3ccccc13)CCCC2. The van der Waals surface area contributed by atoms with E-state index in [4.69, 9.17) is 4.98 Å². The van der Waals surface area contributed by atoms with Crippen LogP contribution in [0.15, 0.2) is 54.7 Å². The van der Waals surface area contributed by atoms with Crippen molar-refractivity contribution in [1.82, 2.24) is 20.2 Å². The summed E-state index contributed by atoms with van der Waals surface area (Å²) in [6, 6.07) is 16.4. The smallest absolute Gasteiger partial charge is 0.146 e. The van der Waals surface area contributed by atoms with Gasteiger partial charge in [-0.3, -0.25) is 9.97 Å². The fraction of sp³-hybridized carbons (Fsp3) is 0.400. The summed E-state index contributed by atoms with van der Waals surface area (Å²) >= 11 is 0. The second-order valence-electron chi connectivity index (χ2n) is 9.90. The van der Waals surface area contributed by atoms with E-state index in [0.29, 0.717) is 12.1 Å². The highest BCUT2D eigenvalue weighted by atomic mass is 16.3. The van der Waals surface area contributed by atoms with Crippen LogP contribution in [0.3, 0.4) is 0 Å². The lowest BCUT2D eigenvalue weighted by molar-refractivity contribution is 0.325. The van der Waals surface area contributed by atoms with Crippen LogP contribution >= 0.6 is 0 Å². The predicted molar refractivity (Wildman–Crippen MR) is 149 cm³/mol. The highest BCUT2D eigenvalue weighted by Crippen LogP contribution is 2.33. The molecule has 4 aromatic rings. The van der Waals surface area contributed by atoms with E-state index >= 15 is 0 Å². The van der Waals surface area contributed by atoms with Crippen molar-refractivity contribution >= 4 is 27.5 Å². The zero-order chi connectivity index (χ0) is 24.7. The average molecular weight is 484 g/mol. The largest absolute Gasteiger partial charge is 0.505 e. The van der Waals surface area contributed by atoms with Gasteiger partial charge in [0.2, 0.25) is 0 Å². The van der Waals surface area contributed by atoms with Gasteiger partial charge in [0.15, 0.2) is 0 Å². The molecule has 2 heterocycles. The van der Waals surface area contributed by atoms with Crippen LogP contribution in [0, 0.1) is 0 Å². The van der Waals surface area contributed by atoms with Gasteiger partial charge in [-0.05, 0) is 82.9 Å². The van der Waals surface area contributed by atoms with Gasteiger partial charge in [0, 0.05) is 47.0 Å². The number of phenols is 1. The predicted octanol–water partition coefficient (Wildman–Crippen LogP) is 5.28. The van der Waals surface area contributed by atoms with E-state index in [1.165, 1.54) is 35.2 Å². The number of phenolic OH excluding ortho intramolecular Hbond substituents is 1. The van der Waals surface area contributed by atoms with Crippen molar-refractivity contribution in [2.24, 2.45) is 0 Å². The number of rotatable bonds is 11. The number of aryl methyl sites for hydroxylation is 1. The first kappa shape index (κ1) is 24.5. The minimum atomic E-state index is 0.286. The number of nitrogens with zero attached hydrogens (tertiary/aromatic N) is 3. The maximum absolute atomic E-state index is 10.5. The van der Waals surface area contributed by atoms with Crippen LogP contribution in [0.4, 0.5) is 5.69 Å². The molecule has 1 aliphatic carbocycles. The minimum Gasteiger partial charge on any atom is -0.505 e. The van der Waals surface area contributed by atoms with E-state index in [9.17, 15) is 5.11 Å². The zero-order valence-corrected chi connectivity index (χ0v) is 21.3. The van der Waals surface area contributed by atoms with Crippen LogP contribution in [0.2, 0.25) is 0 Å². The van der Waals surface area contributed by atoms with Crippen molar-refractivity contribution in [3.63, 3.8) is 0 Å². The lowest BCUT2D eigenvalue weighted by Gasteiger charge is -2.22. The molecule has 0 bridgehead atoms. The molecule has 0 saturated carbocycles. The Kier molecular flexibility index (Phi) is 7.94. The van der Waals surface area contributed by atoms with Gasteiger partial charge >= 0.3 is 0 Å². The number of hydrogen-bond donors (Lipinski definition) is 3. The highest BCUT2D eigenvalue weighted by molar-refractivity contribution is 5.93. The van der Waals surface area contributed by atoms with E-state index < -0.39 is 0 Å². The van der Waals surface area contributed by atoms with E-state index in [2.05, 4.69) is 51.8 Å². The molecule has 0 spiro atoms. The lowest BCUT2D eigenvalue weighted by atomic mass is 9.92. The number of aromatic hydroxyl groups is 1. The summed E-state index contributed by atoms with van der Waals surface area (Å²) < 4.78 is 0. The molecule has 3 N–H and O–H groups in total. The van der Waals surface area contributed by atoms with Gasteiger partial charge < -0.3 is 20.6 Å². The minimum absolute atomic E-state index is 0.286. The number of anilines is 1. The molecule has 0 unspecified atom stereocenters. The fourth-order valence-corrected chi connectivity index (χ4v) is 5.26. The Morgan fingerprint density at radius 1 is 0.944 bits per heavy atom. The third-order valence-corrected chi connectivity index (χ3v) is 7.23. The van der Waals surface area contributed by atoms with Crippen molar-refractivity contribution in [2.75, 3.05) is 38.5 Å². The van der Waals surface area contributed by atoms with Crippen LogP contribution in [0.1, 0.15) is 42.5 Å². The Hall–Kier alpha value is -3.22. The molecule has 188 valence electrons. The Labute approximate surface area is 213 Å². The molecule has 0 aliphatic heterocycles. The van der Waals surface area contributed by atoms with E-state index in [1.54, 1.807) is 6.20 Å². The summed E-state index contributed by atoms with van der Waals surface area (Å²) in [7, 11) is 2.20. The summed E-state index contributed by atoms with van der Waals surface area (Å²) in [6.07, 6.45) is 8.64. The molecule has 0 atom stereocenters. The van der Waals surface area contributed by atoms with E-state index in [0.717, 1.165) is 68.3 Å². The molecule has 0 radical (unpaired) electrons. The lowest BCUT2D eigenvalue weighted by Crippen LogP contribution is -2.26. The van der Waals surface area contributed by atoms with Gasteiger partial charge in [-0.1, -0.05) is 36.4 Å². The van der Waals surface area contributed by atoms with Crippen LogP contribution in [0.5, 0.6) is 5.75 Å². The quantitative estimate of drug-likeness (QED) is 0.252. The molecule has 36 heavy (non-hydrogen) atoms. The van der Waals surface area contributed by atoms with Crippen molar-refractivity contribution in [1.29, 1.82) is 0 Å². The second-order valence-corrected chi connectivity index (χ2v) is 9.90. The Bertz CT molecular complexity index is 1320.